The van der Waals surface area contributed by atoms with Crippen LogP contribution in [0.15, 0.2) is 43.4 Å². The number of piperazine rings is 1. The van der Waals surface area contributed by atoms with Gasteiger partial charge >= 0.3 is 0 Å². The van der Waals surface area contributed by atoms with Crippen molar-refractivity contribution in [3.63, 3.8) is 0 Å². The summed E-state index contributed by atoms with van der Waals surface area (Å²) in [5, 5.41) is 11.7. The van der Waals surface area contributed by atoms with Gasteiger partial charge in [0.2, 0.25) is 0 Å². The molecule has 0 saturated carbocycles. The Morgan fingerprint density at radius 3 is 2.75 bits per heavy atom. The average molecular weight is 433 g/mol. The van der Waals surface area contributed by atoms with Crippen LogP contribution in [0.3, 0.4) is 0 Å². The third-order valence-corrected chi connectivity index (χ3v) is 5.63. The van der Waals surface area contributed by atoms with Crippen molar-refractivity contribution >= 4 is 39.5 Å². The van der Waals surface area contributed by atoms with Gasteiger partial charge in [-0.25, -0.2) is 14.1 Å². The lowest BCUT2D eigenvalue weighted by atomic mass is 10.1. The van der Waals surface area contributed by atoms with E-state index in [0.29, 0.717) is 22.5 Å². The fourth-order valence-electron chi connectivity index (χ4n) is 4.10. The highest BCUT2D eigenvalue weighted by Gasteiger charge is 2.21. The molecule has 4 heterocycles. The smallest absolute Gasteiger partial charge is 0.257 e. The second-order valence-corrected chi connectivity index (χ2v) is 8.08. The fraction of sp³-hybridized carbons (Fsp3) is 0.261. The number of anilines is 2. The van der Waals surface area contributed by atoms with E-state index in [2.05, 4.69) is 32.2 Å². The molecule has 9 heteroatoms. The number of nitrogens with one attached hydrogen (secondary N) is 2. The number of amides is 1. The number of fused-ring (bicyclic) bond motifs is 2. The Bertz CT molecular complexity index is 1360. The quantitative estimate of drug-likeness (QED) is 0.516. The Hall–Kier alpha value is -3.72. The van der Waals surface area contributed by atoms with Gasteiger partial charge in [0.1, 0.15) is 5.52 Å². The molecule has 2 N–H and O–H groups in total. The maximum Gasteiger partial charge on any atom is 0.257 e. The third-order valence-electron chi connectivity index (χ3n) is 5.63. The second-order valence-electron chi connectivity index (χ2n) is 8.08. The van der Waals surface area contributed by atoms with Crippen molar-refractivity contribution in [1.82, 2.24) is 24.5 Å². The predicted octanol–water partition coefficient (Wildman–Crippen LogP) is 3.28. The number of nitrogens with zero attached hydrogens (tertiary/aromatic N) is 5. The van der Waals surface area contributed by atoms with Crippen molar-refractivity contribution in [2.75, 3.05) is 36.4 Å². The molecule has 1 aromatic carbocycles. The second kappa shape index (κ2) is 7.76. The van der Waals surface area contributed by atoms with Gasteiger partial charge in [0.05, 0.1) is 16.9 Å². The highest BCUT2D eigenvalue weighted by molar-refractivity contribution is 6.14. The maximum absolute atomic E-state index is 14.4. The van der Waals surface area contributed by atoms with Crippen LogP contribution in [-0.4, -0.2) is 51.3 Å². The van der Waals surface area contributed by atoms with Gasteiger partial charge in [0.25, 0.3) is 5.91 Å². The number of imidazole rings is 1. The number of aromatic nitrogens is 4. The van der Waals surface area contributed by atoms with Crippen molar-refractivity contribution in [3.05, 3.63) is 60.4 Å². The molecular formula is C23H24FN7O. The lowest BCUT2D eigenvalue weighted by Gasteiger charge is -2.30. The number of rotatable bonds is 4. The van der Waals surface area contributed by atoms with Gasteiger partial charge < -0.3 is 19.9 Å². The molecule has 1 fully saturated rings. The molecular weight excluding hydrogens is 409 g/mol. The largest absolute Gasteiger partial charge is 0.368 e. The number of benzene rings is 1. The summed E-state index contributed by atoms with van der Waals surface area (Å²) in [6, 6.07) is 5.01. The predicted molar refractivity (Wildman–Crippen MR) is 124 cm³/mol. The first-order valence-electron chi connectivity index (χ1n) is 10.5. The molecule has 5 rings (SSSR count). The van der Waals surface area contributed by atoms with Crippen molar-refractivity contribution in [2.45, 2.75) is 13.8 Å². The van der Waals surface area contributed by atoms with Gasteiger partial charge in [-0.05, 0) is 26.0 Å². The molecule has 0 bridgehead atoms. The number of carbonyl (C=O) groups excluding carboxylic acids is 1. The molecule has 1 aliphatic heterocycles. The summed E-state index contributed by atoms with van der Waals surface area (Å²) in [7, 11) is 0. The first kappa shape index (κ1) is 20.2. The number of allylic oxidation sites excluding steroid dienone is 1. The van der Waals surface area contributed by atoms with E-state index in [1.54, 1.807) is 34.5 Å². The summed E-state index contributed by atoms with van der Waals surface area (Å²) >= 11 is 0. The zero-order chi connectivity index (χ0) is 22.4. The van der Waals surface area contributed by atoms with Gasteiger partial charge in [-0.2, -0.15) is 5.10 Å². The Balaban J connectivity index is 1.54. The van der Waals surface area contributed by atoms with E-state index >= 15 is 0 Å². The number of hydrogen-bond donors (Lipinski definition) is 2. The van der Waals surface area contributed by atoms with E-state index in [1.807, 2.05) is 19.2 Å². The summed E-state index contributed by atoms with van der Waals surface area (Å²) in [6.07, 6.45) is 5.27. The minimum Gasteiger partial charge on any atom is -0.368 e. The van der Waals surface area contributed by atoms with Crippen molar-refractivity contribution < 1.29 is 9.18 Å². The average Bonchev–Trinajstić information content (AvgIpc) is 3.37. The van der Waals surface area contributed by atoms with E-state index in [4.69, 9.17) is 0 Å². The van der Waals surface area contributed by atoms with E-state index in [9.17, 15) is 9.18 Å². The van der Waals surface area contributed by atoms with E-state index in [-0.39, 0.29) is 11.6 Å². The number of hydrogen-bond acceptors (Lipinski definition) is 5. The number of pyridine rings is 1. The van der Waals surface area contributed by atoms with Gasteiger partial charge in [-0.15, -0.1) is 0 Å². The van der Waals surface area contributed by atoms with Crippen LogP contribution in [0.25, 0.3) is 22.2 Å². The number of aryl methyl sites for hydroxylation is 1. The Kier molecular flexibility index (Phi) is 4.90. The first-order valence-corrected chi connectivity index (χ1v) is 10.5. The zero-order valence-electron chi connectivity index (χ0n) is 18.0. The molecule has 0 aliphatic carbocycles. The molecule has 4 aromatic rings. The van der Waals surface area contributed by atoms with Crippen molar-refractivity contribution in [1.29, 1.82) is 0 Å². The van der Waals surface area contributed by atoms with E-state index < -0.39 is 5.82 Å². The molecule has 1 saturated heterocycles. The van der Waals surface area contributed by atoms with Gasteiger partial charge in [-0.1, -0.05) is 6.58 Å². The van der Waals surface area contributed by atoms with Gasteiger partial charge in [0.15, 0.2) is 11.5 Å². The highest BCUT2D eigenvalue weighted by atomic mass is 19.1. The Morgan fingerprint density at radius 1 is 1.22 bits per heavy atom. The molecule has 0 atom stereocenters. The van der Waals surface area contributed by atoms with Crippen LogP contribution in [0.1, 0.15) is 23.0 Å². The minimum absolute atomic E-state index is 0.225. The fourth-order valence-corrected chi connectivity index (χ4v) is 4.10. The van der Waals surface area contributed by atoms with Crippen molar-refractivity contribution in [2.24, 2.45) is 0 Å². The molecule has 0 unspecified atom stereocenters. The lowest BCUT2D eigenvalue weighted by Crippen LogP contribution is -2.43. The summed E-state index contributed by atoms with van der Waals surface area (Å²) in [5.41, 5.74) is 4.05. The summed E-state index contributed by atoms with van der Waals surface area (Å²) in [6.45, 7) is 11.2. The van der Waals surface area contributed by atoms with Crippen LogP contribution in [0, 0.1) is 12.7 Å². The molecule has 1 aliphatic rings. The van der Waals surface area contributed by atoms with Crippen LogP contribution in [-0.2, 0) is 0 Å². The highest BCUT2D eigenvalue weighted by Crippen LogP contribution is 2.30. The third kappa shape index (κ3) is 3.50. The normalized spacial score (nSPS) is 14.3. The maximum atomic E-state index is 14.4. The van der Waals surface area contributed by atoms with Crippen LogP contribution >= 0.6 is 0 Å². The zero-order valence-corrected chi connectivity index (χ0v) is 18.0. The number of carbonyl (C=O) groups is 1. The monoisotopic (exact) mass is 433 g/mol. The van der Waals surface area contributed by atoms with Crippen LogP contribution < -0.4 is 15.5 Å². The molecule has 0 radical (unpaired) electrons. The van der Waals surface area contributed by atoms with E-state index in [1.165, 1.54) is 6.07 Å². The minimum atomic E-state index is -0.498. The van der Waals surface area contributed by atoms with Gasteiger partial charge in [-0.3, -0.25) is 4.79 Å². The first-order chi connectivity index (χ1) is 15.4. The van der Waals surface area contributed by atoms with Crippen LogP contribution in [0.4, 0.5) is 15.8 Å². The van der Waals surface area contributed by atoms with Gasteiger partial charge in [0, 0.05) is 67.6 Å². The Labute approximate surface area is 184 Å². The topological polar surface area (TPSA) is 79.5 Å². The SMILES string of the molecule is C=C(C)n1cc2c(N3CCNCC3)ccc(C(=O)Nc3cc(F)c4nc(C)cn4c3)c2n1. The molecule has 164 valence electrons. The summed E-state index contributed by atoms with van der Waals surface area (Å²) in [4.78, 5) is 19.6. The van der Waals surface area contributed by atoms with Crippen LogP contribution in [0.5, 0.6) is 0 Å². The molecule has 8 nitrogen and oxygen atoms in total. The van der Waals surface area contributed by atoms with E-state index in [0.717, 1.165) is 42.9 Å². The molecule has 0 spiro atoms. The summed E-state index contributed by atoms with van der Waals surface area (Å²) < 4.78 is 17.7. The molecule has 3 aromatic heterocycles. The Morgan fingerprint density at radius 2 is 2.00 bits per heavy atom. The lowest BCUT2D eigenvalue weighted by molar-refractivity contribution is 0.102. The number of halogens is 1. The summed E-state index contributed by atoms with van der Waals surface area (Å²) in [5.74, 6) is -0.855. The standard InChI is InChI=1S/C23H24FN7O/c1-14(2)31-13-18-20(29-8-6-25-7-9-29)5-4-17(21(18)28-31)23(32)27-16-10-19(24)22-26-15(3)11-30(22)12-16/h4-5,10-13,25H,1,6-9H2,2-3H3,(H,27,32). The van der Waals surface area contributed by atoms with Crippen LogP contribution in [0.2, 0.25) is 0 Å². The van der Waals surface area contributed by atoms with Crippen molar-refractivity contribution in [3.8, 4) is 0 Å². The molecule has 1 amide bonds. The molecule has 32 heavy (non-hydrogen) atoms.